The molecular formula is C97H206N18. The van der Waals surface area contributed by atoms with E-state index >= 15 is 0 Å². The molecule has 2 aliphatic heterocycles. The number of aromatic nitrogens is 2. The molecule has 0 bridgehead atoms. The molecule has 0 atom stereocenters. The van der Waals surface area contributed by atoms with E-state index in [9.17, 15) is 0 Å². The topological polar surface area (TPSA) is 201 Å². The second kappa shape index (κ2) is 50.0. The lowest BCUT2D eigenvalue weighted by atomic mass is 9.88. The van der Waals surface area contributed by atoms with Gasteiger partial charge in [-0.3, -0.25) is 20.4 Å². The van der Waals surface area contributed by atoms with E-state index in [1.165, 1.54) is 90.5 Å². The molecule has 3 fully saturated rings. The van der Waals surface area contributed by atoms with Crippen molar-refractivity contribution in [2.45, 2.75) is 497 Å². The second-order valence-electron chi connectivity index (χ2n) is 49.9. The van der Waals surface area contributed by atoms with Crippen molar-refractivity contribution < 1.29 is 0 Å². The Bertz CT molecular complexity index is 2500. The van der Waals surface area contributed by atoms with Gasteiger partial charge in [-0.05, 0) is 453 Å². The van der Waals surface area contributed by atoms with Gasteiger partial charge in [-0.1, -0.05) is 0 Å². The standard InChI is InChI=1S/2C14H30N2.C14H24N2.C13H28N2.C12H22N4.C11H26N2.C10H24N2.C9H22N2/c1-13(2,3)15-11-12-7-9-16(10-8-12)14(4,5)6;2*1-13(2,3)15-11-7-9-12(10-8-11)16-14(4,5)6;1-12(2,3)14-11-7-9-15(10-8-11)13(4,5)6;1-11(2,3)15-9-7-14-10(8-13-9)16-12(4,5)6;1-10(2,3)12-8-7-9-13-11(4,5)6;1-9(2,3)11-7-8-12-10(4,5)6;1-8(2,3)10-7-11-9(4,5)6/h12,15H,7-11H2,1-6H3;11-12,15-16H,7-10H2,1-6H3;7-10,15-16H,1-6H3;11,14H,7-10H2,1-6H3;7-8H,1-6H3,(H,13,15)(H,14,16);12-13H,7-9H2,1-6H3;11-12H,7-8H2,1-6H3;10-11H,7H2,1-6H3. The predicted octanol–water partition coefficient (Wildman–Crippen LogP) is 21.2. The van der Waals surface area contributed by atoms with E-state index in [1.54, 1.807) is 12.4 Å². The molecule has 1 aromatic carbocycles. The fourth-order valence-corrected chi connectivity index (χ4v) is 12.4. The summed E-state index contributed by atoms with van der Waals surface area (Å²) in [7, 11) is 0. The number of anilines is 4. The van der Waals surface area contributed by atoms with E-state index in [0.29, 0.717) is 17.1 Å². The zero-order valence-corrected chi connectivity index (χ0v) is 86.0. The first-order chi connectivity index (χ1) is 51.0. The summed E-state index contributed by atoms with van der Waals surface area (Å²) in [4.78, 5) is 13.8. The number of benzene rings is 1. The molecule has 18 nitrogen and oxygen atoms in total. The third-order valence-corrected chi connectivity index (χ3v) is 17.5. The summed E-state index contributed by atoms with van der Waals surface area (Å²) in [6, 6.07) is 10.6. The number of nitrogens with one attached hydrogen (secondary N) is 14. The average Bonchev–Trinajstić information content (AvgIpc) is 0.864. The Hall–Kier alpha value is -2.98. The molecule has 2 saturated heterocycles. The number of nitrogens with zero attached hydrogens (tertiary/aromatic N) is 4. The van der Waals surface area contributed by atoms with Crippen LogP contribution in [0, 0.1) is 5.92 Å². The lowest BCUT2D eigenvalue weighted by Crippen LogP contribution is -2.53. The van der Waals surface area contributed by atoms with E-state index in [1.807, 2.05) is 0 Å². The maximum atomic E-state index is 4.31. The summed E-state index contributed by atoms with van der Waals surface area (Å²) in [5.74, 6) is 2.47. The minimum Gasteiger partial charge on any atom is -0.380 e. The maximum Gasteiger partial charge on any atom is 0.145 e. The smallest absolute Gasteiger partial charge is 0.145 e. The van der Waals surface area contributed by atoms with E-state index in [4.69, 9.17) is 0 Å². The number of piperidine rings is 2. The van der Waals surface area contributed by atoms with Gasteiger partial charge in [-0.15, -0.1) is 0 Å². The zero-order chi connectivity index (χ0) is 90.8. The fraction of sp³-hybridized carbons (Fsp3) is 0.897. The summed E-state index contributed by atoms with van der Waals surface area (Å²) in [5.41, 5.74) is 5.67. The molecule has 5 rings (SSSR count). The van der Waals surface area contributed by atoms with Crippen molar-refractivity contribution in [3.05, 3.63) is 36.7 Å². The van der Waals surface area contributed by atoms with Gasteiger partial charge in [0.2, 0.25) is 0 Å². The van der Waals surface area contributed by atoms with Crippen LogP contribution in [0.5, 0.6) is 0 Å². The highest BCUT2D eigenvalue weighted by molar-refractivity contribution is 5.55. The van der Waals surface area contributed by atoms with Crippen LogP contribution < -0.4 is 74.4 Å². The first kappa shape index (κ1) is 116. The van der Waals surface area contributed by atoms with Gasteiger partial charge in [-0.25, -0.2) is 9.97 Å². The Balaban J connectivity index is -0.00000125. The lowest BCUT2D eigenvalue weighted by molar-refractivity contribution is 0.0856. The van der Waals surface area contributed by atoms with Crippen molar-refractivity contribution in [3.8, 4) is 0 Å². The van der Waals surface area contributed by atoms with Crippen LogP contribution in [0.4, 0.5) is 23.0 Å². The Kier molecular flexibility index (Phi) is 50.5. The van der Waals surface area contributed by atoms with Crippen LogP contribution in [0.3, 0.4) is 0 Å². The second-order valence-corrected chi connectivity index (χ2v) is 49.9. The highest BCUT2D eigenvalue weighted by Crippen LogP contribution is 2.27. The molecular weight excluding hydrogens is 1420 g/mol. The van der Waals surface area contributed by atoms with Crippen LogP contribution in [-0.4, -0.2) is 192 Å². The van der Waals surface area contributed by atoms with Crippen LogP contribution in [0.1, 0.15) is 390 Å². The largest absolute Gasteiger partial charge is 0.380 e. The van der Waals surface area contributed by atoms with Gasteiger partial charge in [0.15, 0.2) is 0 Å². The highest BCUT2D eigenvalue weighted by Gasteiger charge is 2.31. The third kappa shape index (κ3) is 81.8. The van der Waals surface area contributed by atoms with Gasteiger partial charge in [0, 0.05) is 151 Å². The quantitative estimate of drug-likeness (QED) is 0.0496. The molecule has 0 unspecified atom stereocenters. The fourth-order valence-electron chi connectivity index (χ4n) is 12.4. The Labute approximate surface area is 718 Å². The van der Waals surface area contributed by atoms with Crippen LogP contribution in [-0.2, 0) is 0 Å². The zero-order valence-electron chi connectivity index (χ0n) is 86.0. The van der Waals surface area contributed by atoms with Crippen molar-refractivity contribution in [2.24, 2.45) is 5.92 Å². The van der Waals surface area contributed by atoms with Gasteiger partial charge in [0.05, 0.1) is 12.4 Å². The van der Waals surface area contributed by atoms with Crippen molar-refractivity contribution >= 4 is 23.0 Å². The summed E-state index contributed by atoms with van der Waals surface area (Å²) in [6.07, 6.45) is 15.2. The average molecular weight is 1620 g/mol. The molecule has 14 N–H and O–H groups in total. The Morgan fingerprint density at radius 2 is 0.496 bits per heavy atom. The maximum absolute atomic E-state index is 4.31. The molecule has 3 heterocycles. The molecule has 0 amide bonds. The molecule has 18 heteroatoms. The number of hydrogen-bond acceptors (Lipinski definition) is 18. The minimum absolute atomic E-state index is 0.00759. The molecule has 684 valence electrons. The summed E-state index contributed by atoms with van der Waals surface area (Å²) >= 11 is 0. The number of hydrogen-bond donors (Lipinski definition) is 14. The molecule has 2 aromatic rings. The molecule has 0 radical (unpaired) electrons. The van der Waals surface area contributed by atoms with Crippen LogP contribution in [0.15, 0.2) is 36.7 Å². The monoisotopic (exact) mass is 1620 g/mol. The van der Waals surface area contributed by atoms with E-state index < -0.39 is 0 Å². The molecule has 1 aliphatic carbocycles. The first-order valence-corrected chi connectivity index (χ1v) is 45.1. The number of likely N-dealkylation sites (tertiary alicyclic amines) is 2. The van der Waals surface area contributed by atoms with Crippen LogP contribution >= 0.6 is 0 Å². The summed E-state index contributed by atoms with van der Waals surface area (Å²) in [6.45, 7) is 117. The third-order valence-electron chi connectivity index (χ3n) is 17.5. The summed E-state index contributed by atoms with van der Waals surface area (Å²) in [5, 5.41) is 48.7. The van der Waals surface area contributed by atoms with Crippen molar-refractivity contribution in [1.29, 1.82) is 0 Å². The molecule has 3 aliphatic rings. The van der Waals surface area contributed by atoms with Gasteiger partial charge in [0.25, 0.3) is 0 Å². The van der Waals surface area contributed by atoms with Gasteiger partial charge in [-0.2, -0.15) is 0 Å². The first-order valence-electron chi connectivity index (χ1n) is 45.1. The molecule has 0 spiro atoms. The Morgan fingerprint density at radius 3 is 0.713 bits per heavy atom. The van der Waals surface area contributed by atoms with Crippen molar-refractivity contribution in [2.75, 3.05) is 86.8 Å². The van der Waals surface area contributed by atoms with Crippen molar-refractivity contribution in [1.82, 2.24) is 72.9 Å². The minimum atomic E-state index is 0.00759. The van der Waals surface area contributed by atoms with E-state index in [-0.39, 0.29) is 77.5 Å². The summed E-state index contributed by atoms with van der Waals surface area (Å²) < 4.78 is 0. The molecule has 115 heavy (non-hydrogen) atoms. The lowest BCUT2D eigenvalue weighted by Gasteiger charge is -2.42. The normalized spacial score (nSPS) is 17.4. The highest BCUT2D eigenvalue weighted by atomic mass is 15.2. The molecule has 1 aromatic heterocycles. The SMILES string of the molecule is CC(C)(C)NC1CCC(NC(C)(C)C)CC1.CC(C)(C)NC1CCN(C(C)(C)C)CC1.CC(C)(C)NCC1CCN(C(C)(C)C)CC1.CC(C)(C)NCCCNC(C)(C)C.CC(C)(C)NCCNC(C)(C)C.CC(C)(C)NCNC(C)(C)C.CC(C)(C)Nc1ccc(NC(C)(C)C)cc1.CC(C)(C)Nc1cnc(NC(C)(C)C)cn1. The van der Waals surface area contributed by atoms with Gasteiger partial charge < -0.3 is 63.8 Å². The van der Waals surface area contributed by atoms with Crippen LogP contribution in [0.2, 0.25) is 0 Å². The van der Waals surface area contributed by atoms with E-state index in [0.717, 1.165) is 73.9 Å². The van der Waals surface area contributed by atoms with Crippen molar-refractivity contribution in [3.63, 3.8) is 0 Å². The van der Waals surface area contributed by atoms with E-state index in [2.05, 4.69) is 451 Å². The van der Waals surface area contributed by atoms with Crippen LogP contribution in [0.25, 0.3) is 0 Å². The molecule has 1 saturated carbocycles. The predicted molar refractivity (Wildman–Crippen MR) is 519 cm³/mol. The number of rotatable bonds is 18. The van der Waals surface area contributed by atoms with Gasteiger partial charge >= 0.3 is 0 Å². The Morgan fingerprint density at radius 1 is 0.261 bits per heavy atom. The van der Waals surface area contributed by atoms with Gasteiger partial charge in [0.1, 0.15) is 11.6 Å².